The van der Waals surface area contributed by atoms with E-state index >= 15 is 0 Å². The Morgan fingerprint density at radius 3 is 2.79 bits per heavy atom. The third-order valence-electron chi connectivity index (χ3n) is 4.34. The van der Waals surface area contributed by atoms with Crippen LogP contribution in [-0.4, -0.2) is 46.8 Å². The summed E-state index contributed by atoms with van der Waals surface area (Å²) in [6.45, 7) is 8.04. The van der Waals surface area contributed by atoms with E-state index in [1.165, 1.54) is 11.8 Å². The molecule has 0 aliphatic carbocycles. The molecule has 0 bridgehead atoms. The molecule has 0 saturated carbocycles. The Balaban J connectivity index is 2.08. The van der Waals surface area contributed by atoms with Crippen molar-refractivity contribution in [2.75, 3.05) is 25.0 Å². The van der Waals surface area contributed by atoms with Crippen molar-refractivity contribution >= 4 is 34.4 Å². The fraction of sp³-hybridized carbons (Fsp3) is 0.571. The number of ether oxygens (including phenoxy) is 1. The number of amidine groups is 1. The number of thioether (sulfide) groups is 1. The van der Waals surface area contributed by atoms with E-state index in [2.05, 4.69) is 24.2 Å². The number of hydrogen-bond acceptors (Lipinski definition) is 5. The average molecular weight is 406 g/mol. The molecule has 0 unspecified atom stereocenters. The van der Waals surface area contributed by atoms with Gasteiger partial charge in [0.1, 0.15) is 11.0 Å². The minimum Gasteiger partial charge on any atom is -0.494 e. The Labute approximate surface area is 172 Å². The first-order valence-electron chi connectivity index (χ1n) is 10.1. The van der Waals surface area contributed by atoms with Crippen LogP contribution in [0.3, 0.4) is 0 Å². The maximum absolute atomic E-state index is 12.8. The molecular formula is C21H31N3O3S. The van der Waals surface area contributed by atoms with Gasteiger partial charge in [0.05, 0.1) is 6.61 Å². The van der Waals surface area contributed by atoms with E-state index in [9.17, 15) is 9.59 Å². The molecule has 154 valence electrons. The minimum atomic E-state index is -0.471. The van der Waals surface area contributed by atoms with Crippen LogP contribution < -0.4 is 10.1 Å². The normalized spacial score (nSPS) is 18.4. The number of rotatable bonds is 10. The highest BCUT2D eigenvalue weighted by atomic mass is 32.2. The summed E-state index contributed by atoms with van der Waals surface area (Å²) in [5.74, 6) is 0.510. The second kappa shape index (κ2) is 11.7. The number of aliphatic imine (C=N–C) groups is 1. The lowest BCUT2D eigenvalue weighted by Crippen LogP contribution is -2.45. The number of carbonyl (C=O) groups excluding carboxylic acids is 2. The van der Waals surface area contributed by atoms with E-state index < -0.39 is 5.25 Å². The zero-order valence-corrected chi connectivity index (χ0v) is 17.9. The zero-order valence-electron chi connectivity index (χ0n) is 17.1. The second-order valence-electron chi connectivity index (χ2n) is 6.68. The van der Waals surface area contributed by atoms with Gasteiger partial charge >= 0.3 is 0 Å². The van der Waals surface area contributed by atoms with Crippen molar-refractivity contribution in [3.8, 4) is 5.75 Å². The molecule has 1 aliphatic rings. The topological polar surface area (TPSA) is 71.0 Å². The van der Waals surface area contributed by atoms with Crippen LogP contribution in [0.5, 0.6) is 5.75 Å². The number of anilines is 1. The van der Waals surface area contributed by atoms with Crippen molar-refractivity contribution in [2.45, 2.75) is 58.1 Å². The van der Waals surface area contributed by atoms with E-state index in [1.54, 1.807) is 11.0 Å². The molecule has 0 aromatic heterocycles. The molecule has 2 rings (SSSR count). The fourth-order valence-corrected chi connectivity index (χ4v) is 3.93. The summed E-state index contributed by atoms with van der Waals surface area (Å²) in [6, 6.07) is 7.30. The zero-order chi connectivity index (χ0) is 20.4. The minimum absolute atomic E-state index is 0.0225. The molecule has 2 amide bonds. The molecule has 1 atom stereocenters. The van der Waals surface area contributed by atoms with Gasteiger partial charge in [-0.2, -0.15) is 0 Å². The molecular weight excluding hydrogens is 374 g/mol. The predicted octanol–water partition coefficient (Wildman–Crippen LogP) is 4.31. The summed E-state index contributed by atoms with van der Waals surface area (Å²) in [4.78, 5) is 31.8. The van der Waals surface area contributed by atoms with Crippen LogP contribution in [0.2, 0.25) is 0 Å². The number of hydrogen-bond donors (Lipinski definition) is 1. The molecule has 1 aromatic rings. The first kappa shape index (κ1) is 22.3. The van der Waals surface area contributed by atoms with E-state index in [-0.39, 0.29) is 18.2 Å². The largest absolute Gasteiger partial charge is 0.494 e. The Morgan fingerprint density at radius 1 is 1.29 bits per heavy atom. The van der Waals surface area contributed by atoms with Gasteiger partial charge in [0.2, 0.25) is 11.8 Å². The number of benzene rings is 1. The Bertz CT molecular complexity index is 693. The van der Waals surface area contributed by atoms with E-state index in [0.29, 0.717) is 36.3 Å². The highest BCUT2D eigenvalue weighted by Crippen LogP contribution is 2.28. The van der Waals surface area contributed by atoms with Gasteiger partial charge in [-0.15, -0.1) is 0 Å². The lowest BCUT2D eigenvalue weighted by molar-refractivity contribution is -0.129. The molecule has 1 saturated heterocycles. The quantitative estimate of drug-likeness (QED) is 0.589. The Hall–Kier alpha value is -2.02. The van der Waals surface area contributed by atoms with Crippen LogP contribution in [-0.2, 0) is 9.59 Å². The number of carbonyl (C=O) groups is 2. The third kappa shape index (κ3) is 6.55. The van der Waals surface area contributed by atoms with Crippen LogP contribution in [0.1, 0.15) is 52.9 Å². The van der Waals surface area contributed by atoms with Crippen molar-refractivity contribution in [1.82, 2.24) is 4.90 Å². The highest BCUT2D eigenvalue weighted by Gasteiger charge is 2.35. The first-order chi connectivity index (χ1) is 13.6. The van der Waals surface area contributed by atoms with Crippen LogP contribution in [0, 0.1) is 0 Å². The molecule has 6 nitrogen and oxygen atoms in total. The van der Waals surface area contributed by atoms with Gasteiger partial charge in [-0.3, -0.25) is 19.5 Å². The molecule has 1 aromatic carbocycles. The predicted molar refractivity (Wildman–Crippen MR) is 116 cm³/mol. The van der Waals surface area contributed by atoms with Crippen molar-refractivity contribution in [2.24, 2.45) is 4.99 Å². The summed E-state index contributed by atoms with van der Waals surface area (Å²) in [5.41, 5.74) is 0.668. The molecule has 7 heteroatoms. The summed E-state index contributed by atoms with van der Waals surface area (Å²) in [7, 11) is 0. The van der Waals surface area contributed by atoms with Crippen molar-refractivity contribution < 1.29 is 14.3 Å². The lowest BCUT2D eigenvalue weighted by atomic mass is 10.2. The molecule has 1 fully saturated rings. The van der Waals surface area contributed by atoms with Crippen LogP contribution in [0.25, 0.3) is 0 Å². The fourth-order valence-electron chi connectivity index (χ4n) is 2.80. The van der Waals surface area contributed by atoms with Gasteiger partial charge in [0, 0.05) is 31.3 Å². The number of unbranched alkanes of at least 4 members (excludes halogenated alkanes) is 2. The molecule has 1 heterocycles. The van der Waals surface area contributed by atoms with Gasteiger partial charge in [-0.05, 0) is 31.9 Å². The van der Waals surface area contributed by atoms with Gasteiger partial charge in [-0.25, -0.2) is 0 Å². The Kier molecular flexibility index (Phi) is 9.34. The molecule has 0 spiro atoms. The maximum atomic E-state index is 12.8. The van der Waals surface area contributed by atoms with Crippen molar-refractivity contribution in [3.05, 3.63) is 24.3 Å². The monoisotopic (exact) mass is 405 g/mol. The van der Waals surface area contributed by atoms with Gasteiger partial charge < -0.3 is 10.1 Å². The summed E-state index contributed by atoms with van der Waals surface area (Å²) >= 11 is 1.40. The number of nitrogens with zero attached hydrogens (tertiary/aromatic N) is 2. The summed E-state index contributed by atoms with van der Waals surface area (Å²) in [5, 5.41) is 3.12. The van der Waals surface area contributed by atoms with E-state index in [0.717, 1.165) is 25.7 Å². The number of amides is 2. The van der Waals surface area contributed by atoms with Gasteiger partial charge in [0.15, 0.2) is 5.17 Å². The summed E-state index contributed by atoms with van der Waals surface area (Å²) in [6.07, 6.45) is 4.15. The number of nitrogens with one attached hydrogen (secondary N) is 1. The van der Waals surface area contributed by atoms with Gasteiger partial charge in [-0.1, -0.05) is 44.5 Å². The standard InChI is InChI=1S/C21H31N3O3S/c1-4-7-12-22-21-24(13-8-5-2)19(25)15-18(28-21)20(26)23-16-10-9-11-17(14-16)27-6-3/h9-11,14,18H,4-8,12-13,15H2,1-3H3,(H,23,26)/t18-/m1/s1. The van der Waals surface area contributed by atoms with Crippen LogP contribution >= 0.6 is 11.8 Å². The van der Waals surface area contributed by atoms with Crippen molar-refractivity contribution in [1.29, 1.82) is 0 Å². The SMILES string of the molecule is CCCCN=C1S[C@@H](C(=O)Nc2cccc(OCC)c2)CC(=O)N1CCCC. The second-order valence-corrected chi connectivity index (χ2v) is 7.85. The maximum Gasteiger partial charge on any atom is 0.238 e. The van der Waals surface area contributed by atoms with Crippen molar-refractivity contribution in [3.63, 3.8) is 0 Å². The summed E-state index contributed by atoms with van der Waals surface area (Å²) < 4.78 is 5.48. The molecule has 28 heavy (non-hydrogen) atoms. The first-order valence-corrected chi connectivity index (χ1v) is 11.0. The lowest BCUT2D eigenvalue weighted by Gasteiger charge is -2.31. The Morgan fingerprint density at radius 2 is 2.07 bits per heavy atom. The van der Waals surface area contributed by atoms with Gasteiger partial charge in [0.25, 0.3) is 0 Å². The van der Waals surface area contributed by atoms with E-state index in [4.69, 9.17) is 4.74 Å². The third-order valence-corrected chi connectivity index (χ3v) is 5.56. The average Bonchev–Trinajstić information content (AvgIpc) is 2.68. The van der Waals surface area contributed by atoms with E-state index in [1.807, 2.05) is 25.1 Å². The molecule has 1 N–H and O–H groups in total. The molecule has 1 aliphatic heterocycles. The van der Waals surface area contributed by atoms with Crippen LogP contribution in [0.15, 0.2) is 29.3 Å². The molecule has 0 radical (unpaired) electrons. The highest BCUT2D eigenvalue weighted by molar-refractivity contribution is 8.15. The van der Waals surface area contributed by atoms with Crippen LogP contribution in [0.4, 0.5) is 5.69 Å². The smallest absolute Gasteiger partial charge is 0.238 e.